The fraction of sp³-hybridized carbons (Fsp3) is 0.653. The van der Waals surface area contributed by atoms with E-state index >= 15 is 0 Å². The Hall–Kier alpha value is -7.45. The van der Waals surface area contributed by atoms with Crippen molar-refractivity contribution in [1.29, 1.82) is 5.41 Å². The molecular weight excluding hydrogens is 1040 g/mol. The first-order valence-corrected chi connectivity index (χ1v) is 27.0. The third-order valence-corrected chi connectivity index (χ3v) is 12.6. The lowest BCUT2D eigenvalue weighted by atomic mass is 10.1. The summed E-state index contributed by atoms with van der Waals surface area (Å²) in [5.74, 6) is -8.20. The molecule has 2 rings (SSSR count). The topological polar surface area (TPSA) is 543 Å². The summed E-state index contributed by atoms with van der Waals surface area (Å²) in [5.41, 5.74) is 45.1. The summed E-state index contributed by atoms with van der Waals surface area (Å²) in [6.07, 6.45) is 8.36. The largest absolute Gasteiger partial charge is 0.370 e. The van der Waals surface area contributed by atoms with Gasteiger partial charge in [-0.15, -0.1) is 0 Å². The van der Waals surface area contributed by atoms with Crippen LogP contribution in [0.15, 0.2) is 29.3 Å². The quantitative estimate of drug-likeness (QED) is 0.0126. The van der Waals surface area contributed by atoms with Gasteiger partial charge in [-0.2, -0.15) is 0 Å². The summed E-state index contributed by atoms with van der Waals surface area (Å²) >= 11 is 0. The van der Waals surface area contributed by atoms with Gasteiger partial charge in [0.2, 0.25) is 41.4 Å². The van der Waals surface area contributed by atoms with Crippen LogP contribution in [0.4, 0.5) is 0 Å². The van der Waals surface area contributed by atoms with Gasteiger partial charge in [0.25, 0.3) is 17.7 Å². The lowest BCUT2D eigenvalue weighted by Crippen LogP contribution is -2.57. The summed E-state index contributed by atoms with van der Waals surface area (Å²) in [6.45, 7) is 1.99. The van der Waals surface area contributed by atoms with E-state index in [4.69, 9.17) is 51.3 Å². The highest BCUT2D eigenvalue weighted by molar-refractivity contribution is 6.40. The third-order valence-electron chi connectivity index (χ3n) is 12.6. The molecule has 2 heterocycles. The molecule has 1 aromatic rings. The number of hydrogen-bond acceptors (Lipinski definition) is 18. The van der Waals surface area contributed by atoms with Crippen molar-refractivity contribution in [2.24, 2.45) is 50.9 Å². The number of carbonyl (C=O) groups excluding carboxylic acids is 10. The minimum atomic E-state index is -1.38. The molecular formula is C49H87N21O10. The van der Waals surface area contributed by atoms with Crippen molar-refractivity contribution in [3.8, 4) is 0 Å². The average Bonchev–Trinajstić information content (AvgIpc) is 4.15. The Labute approximate surface area is 465 Å². The first-order valence-electron chi connectivity index (χ1n) is 27.0. The number of imidazole rings is 1. The van der Waals surface area contributed by atoms with Gasteiger partial charge in [-0.25, -0.2) is 9.98 Å². The van der Waals surface area contributed by atoms with Crippen LogP contribution in [-0.4, -0.2) is 180 Å². The van der Waals surface area contributed by atoms with Crippen LogP contribution in [0.2, 0.25) is 0 Å². The number of primary amides is 1. The number of nitrogens with zero attached hydrogens (tertiary/aromatic N) is 3. The van der Waals surface area contributed by atoms with Crippen LogP contribution in [0.5, 0.6) is 0 Å². The summed E-state index contributed by atoms with van der Waals surface area (Å²) in [5, 5.41) is 28.0. The second-order valence-electron chi connectivity index (χ2n) is 19.1. The molecule has 0 bridgehead atoms. The molecule has 448 valence electrons. The van der Waals surface area contributed by atoms with Crippen LogP contribution >= 0.6 is 0 Å². The lowest BCUT2D eigenvalue weighted by Gasteiger charge is -2.28. The predicted octanol–water partition coefficient (Wildman–Crippen LogP) is -6.37. The summed E-state index contributed by atoms with van der Waals surface area (Å²) < 4.78 is 0. The molecule has 31 nitrogen and oxygen atoms in total. The van der Waals surface area contributed by atoms with Crippen LogP contribution in [-0.2, 0) is 54.4 Å². The number of aliphatic imine (C=N–C) groups is 1. The maximum Gasteiger partial charge on any atom is 0.269 e. The number of amides is 10. The summed E-state index contributed by atoms with van der Waals surface area (Å²) in [4.78, 5) is 147. The van der Waals surface area contributed by atoms with Crippen molar-refractivity contribution >= 4 is 70.7 Å². The van der Waals surface area contributed by atoms with Crippen LogP contribution in [0.3, 0.4) is 0 Å². The van der Waals surface area contributed by atoms with E-state index in [1.54, 1.807) is 0 Å². The van der Waals surface area contributed by atoms with Gasteiger partial charge in [0, 0.05) is 31.4 Å². The van der Waals surface area contributed by atoms with Crippen molar-refractivity contribution < 1.29 is 47.9 Å². The maximum atomic E-state index is 14.3. The molecule has 0 aromatic carbocycles. The maximum absolute atomic E-state index is 14.3. The predicted molar refractivity (Wildman–Crippen MR) is 296 cm³/mol. The molecule has 10 amide bonds. The second-order valence-corrected chi connectivity index (χ2v) is 19.1. The molecule has 0 saturated carbocycles. The number of likely N-dealkylation sites (tertiary alicyclic amines) is 1. The molecule has 7 atom stereocenters. The van der Waals surface area contributed by atoms with Crippen LogP contribution in [0.25, 0.3) is 0 Å². The van der Waals surface area contributed by atoms with Crippen molar-refractivity contribution in [2.45, 2.75) is 152 Å². The van der Waals surface area contributed by atoms with Gasteiger partial charge in [-0.1, -0.05) is 12.5 Å². The number of aromatic nitrogens is 2. The number of nitrogens with two attached hydrogens (primary N) is 8. The Bertz CT molecular complexity index is 2260. The smallest absolute Gasteiger partial charge is 0.269 e. The molecule has 0 radical (unpaired) electrons. The minimum absolute atomic E-state index is 0.0280. The standard InChI is InChI=1S/C49H87N21O10/c1-29(63-43(75)35(17-22-54)66-42(74)31(55)11-2-5-18-50)41(73)61-27-39(71)64-36(14-8-21-53)48(80)70-24-10-16-38(70)47(79)69-37(25-30-26-59-28-62-30)46(78)68-33(13-4-7-20-52)45(77)67-34(15-9-23-60-49(57)58)44(76)65-32(40(56)72)12-3-6-19-51/h15,26,28-29,31-33,35,37-38H,2-14,16-25,27,50-55H2,1H3,(H2,56,72)(H,59,62)(H,61,73)(H,63,75)(H,65,76)(H,66,74)(H,67,77)(H,68,78)(H,69,79)(H4,57,58,60)/b34-15-,64-36+/t29-,31-,32-,33-,35-,37-,38-/m0/s1. The van der Waals surface area contributed by atoms with Gasteiger partial charge in [0.05, 0.1) is 18.9 Å². The normalized spacial score (nSPS) is 15.7. The average molecular weight is 1130 g/mol. The van der Waals surface area contributed by atoms with Gasteiger partial charge >= 0.3 is 0 Å². The summed E-state index contributed by atoms with van der Waals surface area (Å²) in [6, 6.07) is -8.16. The first kappa shape index (κ1) is 68.7. The Balaban J connectivity index is 2.32. The number of nitrogens with one attached hydrogen (secondary N) is 10. The van der Waals surface area contributed by atoms with Crippen molar-refractivity contribution in [3.63, 3.8) is 0 Å². The van der Waals surface area contributed by atoms with Gasteiger partial charge in [0.15, 0.2) is 5.96 Å². The number of guanidine groups is 1. The third kappa shape index (κ3) is 25.6. The molecule has 0 spiro atoms. The Morgan fingerprint density at radius 3 is 1.94 bits per heavy atom. The molecule has 1 aromatic heterocycles. The van der Waals surface area contributed by atoms with E-state index in [0.717, 1.165) is 0 Å². The molecule has 0 unspecified atom stereocenters. The van der Waals surface area contributed by atoms with Crippen LogP contribution in [0.1, 0.15) is 109 Å². The Kier molecular flexibility index (Phi) is 32.8. The molecule has 31 heteroatoms. The molecule has 1 saturated heterocycles. The number of H-pyrrole nitrogens is 1. The van der Waals surface area contributed by atoms with Crippen LogP contribution < -0.4 is 88.4 Å². The second kappa shape index (κ2) is 38.2. The highest BCUT2D eigenvalue weighted by atomic mass is 16.2. The molecule has 1 aliphatic heterocycles. The van der Waals surface area contributed by atoms with Gasteiger partial charge in [-0.05, 0) is 130 Å². The van der Waals surface area contributed by atoms with E-state index in [9.17, 15) is 47.9 Å². The fourth-order valence-corrected chi connectivity index (χ4v) is 8.15. The molecule has 1 fully saturated rings. The van der Waals surface area contributed by atoms with Crippen LogP contribution in [0, 0.1) is 5.41 Å². The zero-order valence-electron chi connectivity index (χ0n) is 45.8. The first-order chi connectivity index (χ1) is 38.2. The number of carbonyl (C=O) groups is 10. The van der Waals surface area contributed by atoms with Crippen molar-refractivity contribution in [3.05, 3.63) is 30.0 Å². The summed E-state index contributed by atoms with van der Waals surface area (Å²) in [7, 11) is 0. The Morgan fingerprint density at radius 1 is 0.725 bits per heavy atom. The van der Waals surface area contributed by atoms with E-state index in [2.05, 4.69) is 57.5 Å². The number of hydrogen-bond donors (Lipinski definition) is 18. The monoisotopic (exact) mass is 1130 g/mol. The van der Waals surface area contributed by atoms with E-state index in [1.807, 2.05) is 0 Å². The van der Waals surface area contributed by atoms with Gasteiger partial charge in [-0.3, -0.25) is 53.4 Å². The molecule has 1 aliphatic rings. The van der Waals surface area contributed by atoms with Crippen molar-refractivity contribution in [2.75, 3.05) is 52.4 Å². The highest BCUT2D eigenvalue weighted by Crippen LogP contribution is 2.20. The highest BCUT2D eigenvalue weighted by Gasteiger charge is 2.38. The molecule has 80 heavy (non-hydrogen) atoms. The van der Waals surface area contributed by atoms with Gasteiger partial charge < -0.3 is 98.3 Å². The van der Waals surface area contributed by atoms with E-state index in [1.165, 1.54) is 30.4 Å². The minimum Gasteiger partial charge on any atom is -0.370 e. The van der Waals surface area contributed by atoms with Crippen molar-refractivity contribution in [1.82, 2.24) is 57.4 Å². The number of aromatic amines is 1. The Morgan fingerprint density at radius 2 is 1.34 bits per heavy atom. The number of rotatable bonds is 39. The van der Waals surface area contributed by atoms with E-state index in [0.29, 0.717) is 70.2 Å². The zero-order valence-corrected chi connectivity index (χ0v) is 45.8. The zero-order chi connectivity index (χ0) is 59.6. The molecule has 0 aliphatic carbocycles. The van der Waals surface area contributed by atoms with Gasteiger partial charge in [0.1, 0.15) is 47.7 Å². The number of unbranched alkanes of at least 4 members (excludes halogenated alkanes) is 3. The molecule has 26 N–H and O–H groups in total. The lowest BCUT2D eigenvalue weighted by molar-refractivity contribution is -0.136. The van der Waals surface area contributed by atoms with E-state index < -0.39 is 108 Å². The van der Waals surface area contributed by atoms with E-state index in [-0.39, 0.29) is 101 Å². The SMILES string of the molecule is C[C@H](NC(=O)[C@H](CCN)NC(=O)[C@@H](N)CCCCN)C(=O)NCC(=O)/N=C(\CCCN)C(=O)N1CCC[C@H]1C(=O)N[C@@H](Cc1cnc[nH]1)C(=O)N[C@@H](CCCCN)C(=O)N/C(=C\CCNC(=N)N)C(=O)N[C@@H](CCCCN)C(N)=O. The fourth-order valence-electron chi connectivity index (χ4n) is 8.15.